The highest BCUT2D eigenvalue weighted by molar-refractivity contribution is 5.77. The van der Waals surface area contributed by atoms with E-state index in [0.717, 1.165) is 0 Å². The van der Waals surface area contributed by atoms with Gasteiger partial charge in [0.25, 0.3) is 0 Å². The van der Waals surface area contributed by atoms with E-state index in [1.807, 2.05) is 13.8 Å². The molecule has 0 saturated carbocycles. The van der Waals surface area contributed by atoms with E-state index in [1.54, 1.807) is 0 Å². The zero-order valence-electron chi connectivity index (χ0n) is 10.7. The van der Waals surface area contributed by atoms with Crippen molar-refractivity contribution in [2.24, 2.45) is 0 Å². The van der Waals surface area contributed by atoms with E-state index in [9.17, 15) is 9.59 Å². The number of ketones is 1. The predicted molar refractivity (Wildman–Crippen MR) is 63.7 cm³/mol. The number of amides is 2. The normalized spacial score (nSPS) is 10.4. The molecule has 6 heteroatoms. The summed E-state index contributed by atoms with van der Waals surface area (Å²) in [5.41, 5.74) is 0. The van der Waals surface area contributed by atoms with Crippen LogP contribution >= 0.6 is 0 Å². The predicted octanol–water partition coefficient (Wildman–Crippen LogP) is 0.664. The van der Waals surface area contributed by atoms with E-state index < -0.39 is 6.29 Å². The third kappa shape index (κ3) is 9.77. The Hall–Kier alpha value is -1.14. The molecule has 2 amide bonds. The molecular weight excluding hydrogens is 224 g/mol. The van der Waals surface area contributed by atoms with Gasteiger partial charge in [0.1, 0.15) is 5.78 Å². The number of Topliss-reactive ketones (excluding diaryl/α,β-unsaturated/α-hetero) is 1. The molecule has 0 aromatic carbocycles. The summed E-state index contributed by atoms with van der Waals surface area (Å²) >= 11 is 0. The maximum Gasteiger partial charge on any atom is 0.314 e. The van der Waals surface area contributed by atoms with Crippen molar-refractivity contribution >= 4 is 11.8 Å². The lowest BCUT2D eigenvalue weighted by Gasteiger charge is -2.17. The second kappa shape index (κ2) is 10.0. The Bertz CT molecular complexity index is 228. The van der Waals surface area contributed by atoms with Gasteiger partial charge in [-0.2, -0.15) is 0 Å². The van der Waals surface area contributed by atoms with Crippen molar-refractivity contribution < 1.29 is 19.1 Å². The average molecular weight is 246 g/mol. The lowest BCUT2D eigenvalue weighted by molar-refractivity contribution is -0.131. The second-order valence-electron chi connectivity index (χ2n) is 3.43. The average Bonchev–Trinajstić information content (AvgIpc) is 2.26. The van der Waals surface area contributed by atoms with Crippen LogP contribution in [0.2, 0.25) is 0 Å². The van der Waals surface area contributed by atoms with Gasteiger partial charge < -0.3 is 20.1 Å². The summed E-state index contributed by atoms with van der Waals surface area (Å²) in [4.78, 5) is 21.9. The summed E-state index contributed by atoms with van der Waals surface area (Å²) in [5.74, 6) is 0.0480. The minimum absolute atomic E-state index is 0.0480. The number of nitrogens with one attached hydrogen (secondary N) is 2. The minimum Gasteiger partial charge on any atom is -0.351 e. The van der Waals surface area contributed by atoms with Gasteiger partial charge in [0.05, 0.1) is 6.54 Å². The van der Waals surface area contributed by atoms with Crippen molar-refractivity contribution in [2.75, 3.05) is 26.3 Å². The van der Waals surface area contributed by atoms with Crippen LogP contribution in [-0.4, -0.2) is 44.4 Å². The van der Waals surface area contributed by atoms with Gasteiger partial charge in [0, 0.05) is 26.2 Å². The van der Waals surface area contributed by atoms with Crippen molar-refractivity contribution in [3.63, 3.8) is 0 Å². The van der Waals surface area contributed by atoms with E-state index >= 15 is 0 Å². The fourth-order valence-electron chi connectivity index (χ4n) is 1.13. The largest absolute Gasteiger partial charge is 0.351 e. The molecule has 0 fully saturated rings. The summed E-state index contributed by atoms with van der Waals surface area (Å²) in [6, 6.07) is -0.323. The summed E-state index contributed by atoms with van der Waals surface area (Å²) in [6.45, 7) is 6.89. The van der Waals surface area contributed by atoms with E-state index in [2.05, 4.69) is 10.6 Å². The molecule has 0 aromatic rings. The molecule has 0 atom stereocenters. The summed E-state index contributed by atoms with van der Waals surface area (Å²) < 4.78 is 10.5. The van der Waals surface area contributed by atoms with Gasteiger partial charge in [-0.1, -0.05) is 0 Å². The maximum atomic E-state index is 11.3. The molecule has 0 aliphatic carbocycles. The van der Waals surface area contributed by atoms with Crippen LogP contribution in [0.15, 0.2) is 0 Å². The Kier molecular flexibility index (Phi) is 9.37. The van der Waals surface area contributed by atoms with Gasteiger partial charge in [-0.15, -0.1) is 0 Å². The molecule has 6 nitrogen and oxygen atoms in total. The zero-order chi connectivity index (χ0) is 13.1. The molecule has 2 N–H and O–H groups in total. The third-order valence-electron chi connectivity index (χ3n) is 1.90. The Morgan fingerprint density at radius 3 is 2.18 bits per heavy atom. The van der Waals surface area contributed by atoms with Crippen LogP contribution in [0.3, 0.4) is 0 Å². The lowest BCUT2D eigenvalue weighted by Crippen LogP contribution is -2.41. The first kappa shape index (κ1) is 15.9. The zero-order valence-corrected chi connectivity index (χ0v) is 10.7. The van der Waals surface area contributed by atoms with Crippen LogP contribution < -0.4 is 10.6 Å². The number of ether oxygens (including phenoxy) is 2. The second-order valence-corrected chi connectivity index (χ2v) is 3.43. The Labute approximate surface area is 102 Å². The number of hydrogen-bond donors (Lipinski definition) is 2. The molecule has 17 heavy (non-hydrogen) atoms. The Morgan fingerprint density at radius 2 is 1.71 bits per heavy atom. The molecule has 0 saturated heterocycles. The fraction of sp³-hybridized carbons (Fsp3) is 0.818. The molecule has 0 spiro atoms. The van der Waals surface area contributed by atoms with Gasteiger partial charge >= 0.3 is 6.03 Å². The number of hydrogen-bond acceptors (Lipinski definition) is 4. The molecule has 0 radical (unpaired) electrons. The number of urea groups is 1. The van der Waals surface area contributed by atoms with Crippen LogP contribution in [0.4, 0.5) is 4.79 Å². The van der Waals surface area contributed by atoms with Crippen molar-refractivity contribution in [3.8, 4) is 0 Å². The third-order valence-corrected chi connectivity index (χ3v) is 1.90. The van der Waals surface area contributed by atoms with Crippen molar-refractivity contribution in [3.05, 3.63) is 0 Å². The topological polar surface area (TPSA) is 76.7 Å². The van der Waals surface area contributed by atoms with Crippen molar-refractivity contribution in [1.82, 2.24) is 10.6 Å². The SMILES string of the molecule is CCOC(CNC(=O)NCCC(C)=O)OCC. The molecular formula is C11H22N2O4. The molecule has 0 unspecified atom stereocenters. The molecule has 0 aliphatic rings. The van der Waals surface area contributed by atoms with Crippen LogP contribution in [-0.2, 0) is 14.3 Å². The van der Waals surface area contributed by atoms with Gasteiger partial charge in [-0.05, 0) is 20.8 Å². The Balaban J connectivity index is 3.68. The number of carbonyl (C=O) groups is 2. The smallest absolute Gasteiger partial charge is 0.314 e. The summed E-state index contributed by atoms with van der Waals surface area (Å²) in [5, 5.41) is 5.19. The fourth-order valence-corrected chi connectivity index (χ4v) is 1.13. The monoisotopic (exact) mass is 246 g/mol. The molecule has 0 heterocycles. The number of rotatable bonds is 9. The first-order valence-corrected chi connectivity index (χ1v) is 5.84. The van der Waals surface area contributed by atoms with E-state index in [-0.39, 0.29) is 18.4 Å². The van der Waals surface area contributed by atoms with Crippen molar-refractivity contribution in [1.29, 1.82) is 0 Å². The molecule has 0 aromatic heterocycles. The maximum absolute atomic E-state index is 11.3. The molecule has 0 bridgehead atoms. The Morgan fingerprint density at radius 1 is 1.12 bits per heavy atom. The van der Waals surface area contributed by atoms with Crippen LogP contribution in [0.25, 0.3) is 0 Å². The standard InChI is InChI=1S/C11H22N2O4/c1-4-16-10(17-5-2)8-13-11(15)12-7-6-9(3)14/h10H,4-8H2,1-3H3,(H2,12,13,15). The molecule has 100 valence electrons. The van der Waals surface area contributed by atoms with E-state index in [0.29, 0.717) is 26.2 Å². The molecule has 0 rings (SSSR count). The first-order chi connectivity index (χ1) is 8.10. The summed E-state index contributed by atoms with van der Waals surface area (Å²) in [7, 11) is 0. The van der Waals surface area contributed by atoms with Gasteiger partial charge in [-0.25, -0.2) is 4.79 Å². The highest BCUT2D eigenvalue weighted by Gasteiger charge is 2.09. The highest BCUT2D eigenvalue weighted by atomic mass is 16.7. The van der Waals surface area contributed by atoms with Gasteiger partial charge in [0.15, 0.2) is 6.29 Å². The van der Waals surface area contributed by atoms with E-state index in [4.69, 9.17) is 9.47 Å². The van der Waals surface area contributed by atoms with Crippen LogP contribution in [0.1, 0.15) is 27.2 Å². The van der Waals surface area contributed by atoms with Crippen LogP contribution in [0.5, 0.6) is 0 Å². The van der Waals surface area contributed by atoms with Gasteiger partial charge in [-0.3, -0.25) is 4.79 Å². The lowest BCUT2D eigenvalue weighted by atomic mass is 10.3. The van der Waals surface area contributed by atoms with Gasteiger partial charge in [0.2, 0.25) is 0 Å². The highest BCUT2D eigenvalue weighted by Crippen LogP contribution is 1.92. The van der Waals surface area contributed by atoms with Crippen molar-refractivity contribution in [2.45, 2.75) is 33.5 Å². The van der Waals surface area contributed by atoms with E-state index in [1.165, 1.54) is 6.92 Å². The number of carbonyl (C=O) groups excluding carboxylic acids is 2. The molecule has 0 aliphatic heterocycles. The minimum atomic E-state index is -0.427. The quantitative estimate of drug-likeness (QED) is 0.586. The van der Waals surface area contributed by atoms with Crippen LogP contribution in [0, 0.1) is 0 Å². The first-order valence-electron chi connectivity index (χ1n) is 5.84. The summed E-state index contributed by atoms with van der Waals surface area (Å²) in [6.07, 6.45) is -0.0862.